The maximum atomic E-state index is 3.72. The summed E-state index contributed by atoms with van der Waals surface area (Å²) in [6.07, 6.45) is 6.97. The number of hydrogen-bond donors (Lipinski definition) is 1. The maximum absolute atomic E-state index is 3.72. The standard InChI is InChI=1S/C12H25N/c1-5-6-9-12(4)13-10-7-8-11(2)3/h5,11-13H,1,6-10H2,2-4H3. The lowest BCUT2D eigenvalue weighted by atomic mass is 10.1. The van der Waals surface area contributed by atoms with Crippen molar-refractivity contribution in [1.82, 2.24) is 5.32 Å². The molecule has 0 aliphatic rings. The Morgan fingerprint density at radius 1 is 1.23 bits per heavy atom. The van der Waals surface area contributed by atoms with Crippen molar-refractivity contribution in [1.29, 1.82) is 0 Å². The summed E-state index contributed by atoms with van der Waals surface area (Å²) in [6.45, 7) is 11.7. The predicted octanol–water partition coefficient (Wildman–Crippen LogP) is 3.37. The van der Waals surface area contributed by atoms with Gasteiger partial charge in [-0.1, -0.05) is 19.9 Å². The van der Waals surface area contributed by atoms with Gasteiger partial charge in [-0.2, -0.15) is 0 Å². The Hall–Kier alpha value is -0.300. The van der Waals surface area contributed by atoms with Crippen LogP contribution in [0, 0.1) is 5.92 Å². The Morgan fingerprint density at radius 2 is 1.92 bits per heavy atom. The molecule has 0 saturated heterocycles. The van der Waals surface area contributed by atoms with E-state index in [2.05, 4.69) is 32.7 Å². The number of nitrogens with one attached hydrogen (secondary N) is 1. The molecule has 78 valence electrons. The van der Waals surface area contributed by atoms with Gasteiger partial charge in [0.25, 0.3) is 0 Å². The van der Waals surface area contributed by atoms with E-state index in [-0.39, 0.29) is 0 Å². The number of hydrogen-bond acceptors (Lipinski definition) is 1. The van der Waals surface area contributed by atoms with E-state index in [4.69, 9.17) is 0 Å². The first-order valence-electron chi connectivity index (χ1n) is 5.51. The summed E-state index contributed by atoms with van der Waals surface area (Å²) >= 11 is 0. The largest absolute Gasteiger partial charge is 0.314 e. The van der Waals surface area contributed by atoms with E-state index in [9.17, 15) is 0 Å². The molecule has 0 aromatic rings. The second-order valence-corrected chi connectivity index (χ2v) is 4.26. The van der Waals surface area contributed by atoms with Crippen molar-refractivity contribution in [3.05, 3.63) is 12.7 Å². The highest BCUT2D eigenvalue weighted by atomic mass is 14.9. The molecule has 1 unspecified atom stereocenters. The molecule has 0 saturated carbocycles. The Morgan fingerprint density at radius 3 is 2.46 bits per heavy atom. The van der Waals surface area contributed by atoms with Crippen LogP contribution in [-0.4, -0.2) is 12.6 Å². The van der Waals surface area contributed by atoms with Crippen LogP contribution < -0.4 is 5.32 Å². The zero-order valence-corrected chi connectivity index (χ0v) is 9.47. The molecule has 0 bridgehead atoms. The summed E-state index contributed by atoms with van der Waals surface area (Å²) < 4.78 is 0. The average molecular weight is 183 g/mol. The Balaban J connectivity index is 3.16. The maximum Gasteiger partial charge on any atom is 0.00416 e. The summed E-state index contributed by atoms with van der Waals surface area (Å²) in [4.78, 5) is 0. The smallest absolute Gasteiger partial charge is 0.00416 e. The molecule has 0 spiro atoms. The van der Waals surface area contributed by atoms with Gasteiger partial charge in [0, 0.05) is 6.04 Å². The van der Waals surface area contributed by atoms with Crippen molar-refractivity contribution in [2.45, 2.75) is 52.5 Å². The number of allylic oxidation sites excluding steroid dienone is 1. The third kappa shape index (κ3) is 9.62. The van der Waals surface area contributed by atoms with Crippen LogP contribution in [0.25, 0.3) is 0 Å². The minimum absolute atomic E-state index is 0.644. The van der Waals surface area contributed by atoms with E-state index < -0.39 is 0 Å². The van der Waals surface area contributed by atoms with Crippen LogP contribution in [0.4, 0.5) is 0 Å². The van der Waals surface area contributed by atoms with Crippen LogP contribution >= 0.6 is 0 Å². The molecule has 0 radical (unpaired) electrons. The summed E-state index contributed by atoms with van der Waals surface area (Å²) in [6, 6.07) is 0.644. The highest BCUT2D eigenvalue weighted by Gasteiger charge is 1.99. The van der Waals surface area contributed by atoms with Gasteiger partial charge in [-0.3, -0.25) is 0 Å². The van der Waals surface area contributed by atoms with Crippen molar-refractivity contribution in [2.75, 3.05) is 6.54 Å². The molecule has 0 aromatic heterocycles. The van der Waals surface area contributed by atoms with Crippen LogP contribution in [0.2, 0.25) is 0 Å². The molecule has 0 aliphatic heterocycles. The molecule has 1 heteroatoms. The molecule has 0 heterocycles. The van der Waals surface area contributed by atoms with E-state index in [0.717, 1.165) is 18.9 Å². The topological polar surface area (TPSA) is 12.0 Å². The van der Waals surface area contributed by atoms with Gasteiger partial charge < -0.3 is 5.32 Å². The quantitative estimate of drug-likeness (QED) is 0.449. The minimum Gasteiger partial charge on any atom is -0.314 e. The molecule has 1 atom stereocenters. The van der Waals surface area contributed by atoms with Gasteiger partial charge in [0.2, 0.25) is 0 Å². The lowest BCUT2D eigenvalue weighted by Crippen LogP contribution is -2.26. The van der Waals surface area contributed by atoms with Gasteiger partial charge in [-0.15, -0.1) is 6.58 Å². The van der Waals surface area contributed by atoms with Crippen molar-refractivity contribution < 1.29 is 0 Å². The molecule has 0 aliphatic carbocycles. The highest BCUT2D eigenvalue weighted by molar-refractivity contribution is 4.70. The van der Waals surface area contributed by atoms with Gasteiger partial charge in [-0.25, -0.2) is 0 Å². The average Bonchev–Trinajstić information content (AvgIpc) is 2.08. The third-order valence-electron chi connectivity index (χ3n) is 2.25. The Labute approximate surface area is 83.6 Å². The van der Waals surface area contributed by atoms with Crippen molar-refractivity contribution >= 4 is 0 Å². The van der Waals surface area contributed by atoms with Crippen LogP contribution in [0.15, 0.2) is 12.7 Å². The van der Waals surface area contributed by atoms with E-state index >= 15 is 0 Å². The van der Waals surface area contributed by atoms with Crippen LogP contribution in [0.5, 0.6) is 0 Å². The first-order chi connectivity index (χ1) is 6.16. The first kappa shape index (κ1) is 12.7. The summed E-state index contributed by atoms with van der Waals surface area (Å²) in [5.74, 6) is 0.838. The Kier molecular flexibility index (Phi) is 8.11. The lowest BCUT2D eigenvalue weighted by Gasteiger charge is -2.12. The number of rotatable bonds is 8. The van der Waals surface area contributed by atoms with Gasteiger partial charge in [-0.05, 0) is 45.1 Å². The van der Waals surface area contributed by atoms with Crippen LogP contribution in [0.3, 0.4) is 0 Å². The van der Waals surface area contributed by atoms with E-state index in [1.165, 1.54) is 19.3 Å². The molecular formula is C12H25N. The van der Waals surface area contributed by atoms with Crippen LogP contribution in [0.1, 0.15) is 46.5 Å². The monoisotopic (exact) mass is 183 g/mol. The fourth-order valence-corrected chi connectivity index (χ4v) is 1.33. The summed E-state index contributed by atoms with van der Waals surface area (Å²) in [7, 11) is 0. The van der Waals surface area contributed by atoms with Gasteiger partial charge in [0.15, 0.2) is 0 Å². The second-order valence-electron chi connectivity index (χ2n) is 4.26. The predicted molar refractivity (Wildman–Crippen MR) is 61.0 cm³/mol. The molecule has 0 fully saturated rings. The molecular weight excluding hydrogens is 158 g/mol. The second kappa shape index (κ2) is 8.31. The molecule has 13 heavy (non-hydrogen) atoms. The van der Waals surface area contributed by atoms with E-state index in [1.807, 2.05) is 6.08 Å². The third-order valence-corrected chi connectivity index (χ3v) is 2.25. The normalized spacial score (nSPS) is 13.2. The zero-order valence-electron chi connectivity index (χ0n) is 9.47. The molecule has 1 N–H and O–H groups in total. The fraction of sp³-hybridized carbons (Fsp3) is 0.833. The summed E-state index contributed by atoms with van der Waals surface area (Å²) in [5.41, 5.74) is 0. The van der Waals surface area contributed by atoms with Gasteiger partial charge >= 0.3 is 0 Å². The van der Waals surface area contributed by atoms with Gasteiger partial charge in [0.05, 0.1) is 0 Å². The van der Waals surface area contributed by atoms with Crippen molar-refractivity contribution in [3.63, 3.8) is 0 Å². The molecule has 0 amide bonds. The molecule has 1 nitrogen and oxygen atoms in total. The van der Waals surface area contributed by atoms with E-state index in [1.54, 1.807) is 0 Å². The molecule has 0 aromatic carbocycles. The first-order valence-corrected chi connectivity index (χ1v) is 5.51. The Bertz CT molecular complexity index is 118. The van der Waals surface area contributed by atoms with E-state index in [0.29, 0.717) is 6.04 Å². The lowest BCUT2D eigenvalue weighted by molar-refractivity contribution is 0.475. The van der Waals surface area contributed by atoms with Crippen molar-refractivity contribution in [2.24, 2.45) is 5.92 Å². The zero-order chi connectivity index (χ0) is 10.1. The summed E-state index contributed by atoms with van der Waals surface area (Å²) in [5, 5.41) is 3.52. The SMILES string of the molecule is C=CCCC(C)NCCCC(C)C. The highest BCUT2D eigenvalue weighted by Crippen LogP contribution is 2.03. The molecule has 0 rings (SSSR count). The van der Waals surface area contributed by atoms with Gasteiger partial charge in [0.1, 0.15) is 0 Å². The van der Waals surface area contributed by atoms with Crippen molar-refractivity contribution in [3.8, 4) is 0 Å². The minimum atomic E-state index is 0.644. The van der Waals surface area contributed by atoms with Crippen LogP contribution in [-0.2, 0) is 0 Å². The fourth-order valence-electron chi connectivity index (χ4n) is 1.33.